The Morgan fingerprint density at radius 3 is 2.03 bits per heavy atom. The number of aryl methyl sites for hydroxylation is 1. The molecule has 0 aliphatic carbocycles. The minimum absolute atomic E-state index is 0.118. The van der Waals surface area contributed by atoms with E-state index in [1.165, 1.54) is 12.1 Å². The van der Waals surface area contributed by atoms with Crippen LogP contribution in [0, 0.1) is 5.82 Å². The lowest BCUT2D eigenvalue weighted by Gasteiger charge is -2.09. The van der Waals surface area contributed by atoms with Crippen LogP contribution in [0.1, 0.15) is 25.3 Å². The average molecular weight is 396 g/mol. The summed E-state index contributed by atoms with van der Waals surface area (Å²) < 4.78 is 43.4. The Labute approximate surface area is 169 Å². The zero-order valence-corrected chi connectivity index (χ0v) is 16.2. The molecule has 0 unspecified atom stereocenters. The fraction of sp³-hybridized carbons (Fsp3) is 0.200. The summed E-state index contributed by atoms with van der Waals surface area (Å²) in [7, 11) is 0. The van der Waals surface area contributed by atoms with Gasteiger partial charge in [-0.1, -0.05) is 67.6 Å². The van der Waals surface area contributed by atoms with E-state index in [2.05, 4.69) is 23.8 Å². The first-order chi connectivity index (χ1) is 14.1. The van der Waals surface area contributed by atoms with Crippen LogP contribution in [0.2, 0.25) is 0 Å². The molecule has 0 aliphatic heterocycles. The van der Waals surface area contributed by atoms with Crippen molar-refractivity contribution in [3.8, 4) is 28.0 Å². The molecule has 3 aromatic rings. The van der Waals surface area contributed by atoms with Gasteiger partial charge in [-0.15, -0.1) is 0 Å². The molecule has 0 bridgehead atoms. The Hall–Kier alpha value is -3.01. The predicted octanol–water partition coefficient (Wildman–Crippen LogP) is 7.66. The molecule has 0 aliphatic rings. The smallest absolute Gasteiger partial charge is 0.387 e. The molecule has 29 heavy (non-hydrogen) atoms. The fourth-order valence-electron chi connectivity index (χ4n) is 3.15. The van der Waals surface area contributed by atoms with Crippen molar-refractivity contribution in [3.63, 3.8) is 0 Å². The first-order valence-corrected chi connectivity index (χ1v) is 9.66. The molecule has 0 atom stereocenters. The van der Waals surface area contributed by atoms with Crippen molar-refractivity contribution >= 4 is 0 Å². The van der Waals surface area contributed by atoms with Gasteiger partial charge < -0.3 is 4.74 Å². The van der Waals surface area contributed by atoms with Crippen molar-refractivity contribution in [1.82, 2.24) is 0 Å². The zero-order chi connectivity index (χ0) is 20.6. The first-order valence-electron chi connectivity index (χ1n) is 9.66. The lowest BCUT2D eigenvalue weighted by atomic mass is 9.98. The van der Waals surface area contributed by atoms with Gasteiger partial charge in [-0.05, 0) is 59.7 Å². The molecule has 150 valence electrons. The molecular weight excluding hydrogens is 373 g/mol. The molecule has 1 nitrogen and oxygen atoms in total. The van der Waals surface area contributed by atoms with E-state index in [9.17, 15) is 13.2 Å². The molecule has 3 rings (SSSR count). The summed E-state index contributed by atoms with van der Waals surface area (Å²) in [4.78, 5) is 0. The molecule has 4 heteroatoms. The van der Waals surface area contributed by atoms with Crippen LogP contribution < -0.4 is 4.74 Å². The average Bonchev–Trinajstić information content (AvgIpc) is 2.72. The molecule has 0 radical (unpaired) electrons. The number of alkyl halides is 2. The number of hydrogen-bond acceptors (Lipinski definition) is 1. The van der Waals surface area contributed by atoms with Crippen LogP contribution in [0.25, 0.3) is 22.3 Å². The minimum atomic E-state index is -2.84. The molecule has 0 saturated carbocycles. The lowest BCUT2D eigenvalue weighted by molar-refractivity contribution is -0.0498. The predicted molar refractivity (Wildman–Crippen MR) is 112 cm³/mol. The summed E-state index contributed by atoms with van der Waals surface area (Å²) in [5.74, 6) is -0.115. The summed E-state index contributed by atoms with van der Waals surface area (Å²) in [6, 6.07) is 19.3. The van der Waals surface area contributed by atoms with Crippen molar-refractivity contribution < 1.29 is 17.9 Å². The van der Waals surface area contributed by atoms with Gasteiger partial charge in [0.05, 0.1) is 0 Å². The van der Waals surface area contributed by atoms with Gasteiger partial charge in [-0.25, -0.2) is 4.39 Å². The lowest BCUT2D eigenvalue weighted by Crippen LogP contribution is -2.01. The van der Waals surface area contributed by atoms with Gasteiger partial charge in [0.25, 0.3) is 0 Å². The molecular formula is C25H23F3O. The van der Waals surface area contributed by atoms with Crippen LogP contribution in [-0.2, 0) is 6.42 Å². The molecule has 0 spiro atoms. The second-order valence-electron chi connectivity index (χ2n) is 6.71. The summed E-state index contributed by atoms with van der Waals surface area (Å²) in [5.41, 5.74) is 4.12. The number of hydrogen-bond donors (Lipinski definition) is 0. The maximum atomic E-state index is 14.6. The SMILES string of the molecule is CCC=CCCc1ccc(-c2ccc(-c3ccc(OC(F)F)cc3)cc2)c(F)c1. The van der Waals surface area contributed by atoms with E-state index in [4.69, 9.17) is 0 Å². The topological polar surface area (TPSA) is 9.23 Å². The molecule has 3 aromatic carbocycles. The van der Waals surface area contributed by atoms with Gasteiger partial charge in [-0.3, -0.25) is 0 Å². The normalized spacial score (nSPS) is 11.3. The third kappa shape index (κ3) is 5.74. The Kier molecular flexibility index (Phi) is 7.12. The van der Waals surface area contributed by atoms with Gasteiger partial charge in [0.2, 0.25) is 0 Å². The van der Waals surface area contributed by atoms with Crippen LogP contribution in [0.4, 0.5) is 13.2 Å². The monoisotopic (exact) mass is 396 g/mol. The van der Waals surface area contributed by atoms with Crippen molar-refractivity contribution in [2.24, 2.45) is 0 Å². The highest BCUT2D eigenvalue weighted by atomic mass is 19.3. The number of allylic oxidation sites excluding steroid dienone is 2. The highest BCUT2D eigenvalue weighted by Crippen LogP contribution is 2.28. The van der Waals surface area contributed by atoms with E-state index in [0.29, 0.717) is 5.56 Å². The molecule has 0 aromatic heterocycles. The summed E-state index contributed by atoms with van der Waals surface area (Å²) in [6.07, 6.45) is 6.97. The number of rotatable bonds is 8. The second kappa shape index (κ2) is 9.97. The maximum Gasteiger partial charge on any atom is 0.387 e. The Balaban J connectivity index is 1.72. The van der Waals surface area contributed by atoms with Gasteiger partial charge >= 0.3 is 6.61 Å². The molecule has 0 heterocycles. The number of halogens is 3. The molecule has 0 saturated heterocycles. The summed E-state index contributed by atoms with van der Waals surface area (Å²) >= 11 is 0. The maximum absolute atomic E-state index is 14.6. The Bertz CT molecular complexity index is 945. The third-order valence-electron chi connectivity index (χ3n) is 4.64. The summed E-state index contributed by atoms with van der Waals surface area (Å²) in [5, 5.41) is 0. The van der Waals surface area contributed by atoms with E-state index < -0.39 is 6.61 Å². The number of ether oxygens (including phenoxy) is 1. The van der Waals surface area contributed by atoms with E-state index >= 15 is 0 Å². The highest BCUT2D eigenvalue weighted by molar-refractivity contribution is 5.71. The quantitative estimate of drug-likeness (QED) is 0.355. The van der Waals surface area contributed by atoms with Gasteiger partial charge in [0.1, 0.15) is 11.6 Å². The molecule has 0 amide bonds. The van der Waals surface area contributed by atoms with E-state index in [1.807, 2.05) is 36.4 Å². The van der Waals surface area contributed by atoms with Gasteiger partial charge in [0, 0.05) is 5.56 Å². The van der Waals surface area contributed by atoms with E-state index in [1.54, 1.807) is 18.2 Å². The van der Waals surface area contributed by atoms with Crippen LogP contribution >= 0.6 is 0 Å². The Morgan fingerprint density at radius 2 is 1.45 bits per heavy atom. The third-order valence-corrected chi connectivity index (χ3v) is 4.64. The van der Waals surface area contributed by atoms with Crippen molar-refractivity contribution in [1.29, 1.82) is 0 Å². The largest absolute Gasteiger partial charge is 0.435 e. The minimum Gasteiger partial charge on any atom is -0.435 e. The van der Waals surface area contributed by atoms with Gasteiger partial charge in [0.15, 0.2) is 0 Å². The summed E-state index contributed by atoms with van der Waals surface area (Å²) in [6.45, 7) is -0.748. The van der Waals surface area contributed by atoms with Crippen molar-refractivity contribution in [2.45, 2.75) is 32.8 Å². The van der Waals surface area contributed by atoms with E-state index in [-0.39, 0.29) is 11.6 Å². The highest BCUT2D eigenvalue weighted by Gasteiger charge is 2.08. The van der Waals surface area contributed by atoms with Gasteiger partial charge in [-0.2, -0.15) is 8.78 Å². The second-order valence-corrected chi connectivity index (χ2v) is 6.71. The molecule has 0 fully saturated rings. The van der Waals surface area contributed by atoms with Crippen LogP contribution in [-0.4, -0.2) is 6.61 Å². The van der Waals surface area contributed by atoms with E-state index in [0.717, 1.165) is 41.5 Å². The molecule has 0 N–H and O–H groups in total. The Morgan fingerprint density at radius 1 is 0.828 bits per heavy atom. The van der Waals surface area contributed by atoms with Crippen LogP contribution in [0.5, 0.6) is 5.75 Å². The van der Waals surface area contributed by atoms with Crippen molar-refractivity contribution in [2.75, 3.05) is 0 Å². The fourth-order valence-corrected chi connectivity index (χ4v) is 3.15. The van der Waals surface area contributed by atoms with Crippen LogP contribution in [0.15, 0.2) is 78.9 Å². The van der Waals surface area contributed by atoms with Crippen LogP contribution in [0.3, 0.4) is 0 Å². The number of benzene rings is 3. The van der Waals surface area contributed by atoms with Crippen molar-refractivity contribution in [3.05, 3.63) is 90.3 Å². The standard InChI is InChI=1S/C25H23F3O/c1-2-3-4-5-6-18-7-16-23(24(26)17-18)21-10-8-19(9-11-21)20-12-14-22(15-13-20)29-25(27)28/h3-4,7-17,25H,2,5-6H2,1H3. The zero-order valence-electron chi connectivity index (χ0n) is 16.2. The first kappa shape index (κ1) is 20.7.